The third-order valence-electron chi connectivity index (χ3n) is 4.07. The van der Waals surface area contributed by atoms with Gasteiger partial charge in [-0.3, -0.25) is 4.79 Å². The number of amides is 1. The molecule has 0 radical (unpaired) electrons. The fourth-order valence-corrected chi connectivity index (χ4v) is 2.55. The summed E-state index contributed by atoms with van der Waals surface area (Å²) < 4.78 is 0. The quantitative estimate of drug-likeness (QED) is 0.379. The van der Waals surface area contributed by atoms with Crippen molar-refractivity contribution in [2.24, 2.45) is 0 Å². The zero-order valence-electron chi connectivity index (χ0n) is 15.2. The second-order valence-electron chi connectivity index (χ2n) is 6.39. The molecule has 0 aromatic heterocycles. The lowest BCUT2D eigenvalue weighted by Gasteiger charge is -2.06. The largest absolute Gasteiger partial charge is 0.356 e. The number of unbranched alkanes of at least 4 members (excludes halogenated alkanes) is 9. The molecule has 0 bridgehead atoms. The topological polar surface area (TPSA) is 41.1 Å². The van der Waals surface area contributed by atoms with Gasteiger partial charge in [0.2, 0.25) is 5.91 Å². The van der Waals surface area contributed by atoms with Crippen LogP contribution in [-0.2, 0) is 4.79 Å². The molecule has 22 heavy (non-hydrogen) atoms. The van der Waals surface area contributed by atoms with E-state index in [9.17, 15) is 4.79 Å². The molecule has 132 valence electrons. The minimum atomic E-state index is 0.233. The Morgan fingerprint density at radius 1 is 0.636 bits per heavy atom. The van der Waals surface area contributed by atoms with Crippen LogP contribution in [0, 0.1) is 0 Å². The van der Waals surface area contributed by atoms with Gasteiger partial charge in [0.15, 0.2) is 0 Å². The standard InChI is InChI=1S/C19H40N2O/c1-3-5-7-8-9-10-11-12-13-15-19(22)21-18-14-17-20-16-6-4-2/h20H,3-18H2,1-2H3,(H,21,22). The maximum Gasteiger partial charge on any atom is 0.219 e. The summed E-state index contributed by atoms with van der Waals surface area (Å²) in [5, 5.41) is 6.41. The van der Waals surface area contributed by atoms with Crippen molar-refractivity contribution in [2.75, 3.05) is 19.6 Å². The second kappa shape index (κ2) is 18.5. The molecule has 0 heterocycles. The van der Waals surface area contributed by atoms with Gasteiger partial charge in [-0.15, -0.1) is 0 Å². The van der Waals surface area contributed by atoms with Crippen molar-refractivity contribution < 1.29 is 4.79 Å². The highest BCUT2D eigenvalue weighted by molar-refractivity contribution is 5.75. The van der Waals surface area contributed by atoms with E-state index >= 15 is 0 Å². The third-order valence-corrected chi connectivity index (χ3v) is 4.07. The lowest BCUT2D eigenvalue weighted by molar-refractivity contribution is -0.121. The number of rotatable bonds is 17. The van der Waals surface area contributed by atoms with Crippen molar-refractivity contribution in [3.05, 3.63) is 0 Å². The number of carbonyl (C=O) groups is 1. The molecule has 1 amide bonds. The molecule has 0 aliphatic carbocycles. The molecule has 0 aromatic rings. The third kappa shape index (κ3) is 17.5. The maximum absolute atomic E-state index is 11.7. The van der Waals surface area contributed by atoms with Crippen LogP contribution in [0.5, 0.6) is 0 Å². The Hall–Kier alpha value is -0.570. The van der Waals surface area contributed by atoms with E-state index in [1.54, 1.807) is 0 Å². The predicted molar refractivity (Wildman–Crippen MR) is 97.2 cm³/mol. The molecule has 0 aliphatic heterocycles. The minimum absolute atomic E-state index is 0.233. The van der Waals surface area contributed by atoms with E-state index in [-0.39, 0.29) is 5.91 Å². The van der Waals surface area contributed by atoms with Crippen LogP contribution in [-0.4, -0.2) is 25.5 Å². The van der Waals surface area contributed by atoms with Gasteiger partial charge < -0.3 is 10.6 Å². The van der Waals surface area contributed by atoms with Crippen LogP contribution in [0.25, 0.3) is 0 Å². The first-order valence-electron chi connectivity index (χ1n) is 9.78. The summed E-state index contributed by atoms with van der Waals surface area (Å²) in [6, 6.07) is 0. The van der Waals surface area contributed by atoms with Crippen LogP contribution in [0.1, 0.15) is 97.3 Å². The number of nitrogens with one attached hydrogen (secondary N) is 2. The van der Waals surface area contributed by atoms with Crippen LogP contribution in [0.15, 0.2) is 0 Å². The van der Waals surface area contributed by atoms with Crippen LogP contribution < -0.4 is 10.6 Å². The summed E-state index contributed by atoms with van der Waals surface area (Å²) in [5.74, 6) is 0.233. The fraction of sp³-hybridized carbons (Fsp3) is 0.947. The Bertz CT molecular complexity index is 231. The molecule has 3 nitrogen and oxygen atoms in total. The zero-order chi connectivity index (χ0) is 16.3. The Balaban J connectivity index is 3.13. The molecule has 2 N–H and O–H groups in total. The first-order chi connectivity index (χ1) is 10.8. The molecule has 0 rings (SSSR count). The van der Waals surface area contributed by atoms with Crippen molar-refractivity contribution in [3.63, 3.8) is 0 Å². The van der Waals surface area contributed by atoms with Gasteiger partial charge in [0.25, 0.3) is 0 Å². The van der Waals surface area contributed by atoms with Gasteiger partial charge in [0, 0.05) is 13.0 Å². The minimum Gasteiger partial charge on any atom is -0.356 e. The normalized spacial score (nSPS) is 10.8. The van der Waals surface area contributed by atoms with Gasteiger partial charge in [0.1, 0.15) is 0 Å². The van der Waals surface area contributed by atoms with Gasteiger partial charge in [-0.25, -0.2) is 0 Å². The van der Waals surface area contributed by atoms with Crippen LogP contribution in [0.4, 0.5) is 0 Å². The summed E-state index contributed by atoms with van der Waals surface area (Å²) >= 11 is 0. The van der Waals surface area contributed by atoms with E-state index in [0.29, 0.717) is 6.42 Å². The van der Waals surface area contributed by atoms with Crippen molar-refractivity contribution in [1.29, 1.82) is 0 Å². The highest BCUT2D eigenvalue weighted by atomic mass is 16.1. The molecule has 0 unspecified atom stereocenters. The summed E-state index contributed by atoms with van der Waals surface area (Å²) in [7, 11) is 0. The van der Waals surface area contributed by atoms with E-state index < -0.39 is 0 Å². The molecule has 0 aromatic carbocycles. The molecule has 0 spiro atoms. The monoisotopic (exact) mass is 312 g/mol. The van der Waals surface area contributed by atoms with Crippen LogP contribution in [0.3, 0.4) is 0 Å². The van der Waals surface area contributed by atoms with Crippen molar-refractivity contribution in [2.45, 2.75) is 97.3 Å². The Morgan fingerprint density at radius 3 is 1.82 bits per heavy atom. The number of hydrogen-bond donors (Lipinski definition) is 2. The predicted octanol–water partition coefficient (Wildman–Crippen LogP) is 4.80. The first-order valence-corrected chi connectivity index (χ1v) is 9.78. The molecule has 0 saturated carbocycles. The Morgan fingerprint density at radius 2 is 1.18 bits per heavy atom. The Kier molecular flexibility index (Phi) is 18.0. The summed E-state index contributed by atoms with van der Waals surface area (Å²) in [6.45, 7) is 7.39. The average molecular weight is 313 g/mol. The van der Waals surface area contributed by atoms with Crippen LogP contribution in [0.2, 0.25) is 0 Å². The Labute approximate surface area is 139 Å². The second-order valence-corrected chi connectivity index (χ2v) is 6.39. The van der Waals surface area contributed by atoms with E-state index in [0.717, 1.165) is 32.5 Å². The highest BCUT2D eigenvalue weighted by Crippen LogP contribution is 2.10. The van der Waals surface area contributed by atoms with Gasteiger partial charge in [-0.1, -0.05) is 71.6 Å². The SMILES string of the molecule is CCCCCCCCCCCC(=O)NCCCNCCCC. The summed E-state index contributed by atoms with van der Waals surface area (Å²) in [6.07, 6.45) is 16.0. The average Bonchev–Trinajstić information content (AvgIpc) is 2.52. The fourth-order valence-electron chi connectivity index (χ4n) is 2.55. The summed E-state index contributed by atoms with van der Waals surface area (Å²) in [5.41, 5.74) is 0. The van der Waals surface area contributed by atoms with Crippen LogP contribution >= 0.6 is 0 Å². The highest BCUT2D eigenvalue weighted by Gasteiger charge is 2.00. The van der Waals surface area contributed by atoms with Crippen molar-refractivity contribution in [3.8, 4) is 0 Å². The van der Waals surface area contributed by atoms with Gasteiger partial charge in [-0.2, -0.15) is 0 Å². The molecule has 3 heteroatoms. The molecule has 0 atom stereocenters. The van der Waals surface area contributed by atoms with E-state index in [1.165, 1.54) is 64.2 Å². The maximum atomic E-state index is 11.7. The molecule has 0 saturated heterocycles. The molecule has 0 aliphatic rings. The number of carbonyl (C=O) groups excluding carboxylic acids is 1. The first kappa shape index (κ1) is 21.4. The lowest BCUT2D eigenvalue weighted by atomic mass is 10.1. The smallest absolute Gasteiger partial charge is 0.219 e. The van der Waals surface area contributed by atoms with Crippen molar-refractivity contribution >= 4 is 5.91 Å². The number of hydrogen-bond acceptors (Lipinski definition) is 2. The van der Waals surface area contributed by atoms with E-state index in [2.05, 4.69) is 24.5 Å². The zero-order valence-corrected chi connectivity index (χ0v) is 15.2. The van der Waals surface area contributed by atoms with Crippen molar-refractivity contribution in [1.82, 2.24) is 10.6 Å². The van der Waals surface area contributed by atoms with E-state index in [4.69, 9.17) is 0 Å². The van der Waals surface area contributed by atoms with Gasteiger partial charge in [0.05, 0.1) is 0 Å². The molecule has 0 fully saturated rings. The van der Waals surface area contributed by atoms with Gasteiger partial charge >= 0.3 is 0 Å². The summed E-state index contributed by atoms with van der Waals surface area (Å²) in [4.78, 5) is 11.7. The molecular formula is C19H40N2O. The lowest BCUT2D eigenvalue weighted by Crippen LogP contribution is -2.27. The van der Waals surface area contributed by atoms with Gasteiger partial charge in [-0.05, 0) is 32.4 Å². The van der Waals surface area contributed by atoms with E-state index in [1.807, 2.05) is 0 Å². The molecular weight excluding hydrogens is 272 g/mol.